The van der Waals surface area contributed by atoms with Crippen LogP contribution in [0.25, 0.3) is 17.1 Å². The Labute approximate surface area is 132 Å². The molecular weight excluding hydrogens is 307 g/mol. The van der Waals surface area contributed by atoms with Crippen LogP contribution >= 0.6 is 23.2 Å². The molecule has 0 radical (unpaired) electrons. The molecule has 0 bridgehead atoms. The van der Waals surface area contributed by atoms with E-state index < -0.39 is 0 Å². The number of nitrogens with two attached hydrogens (primary N) is 1. The summed E-state index contributed by atoms with van der Waals surface area (Å²) in [6.07, 6.45) is 0. The number of hydrogen-bond acceptors (Lipinski definition) is 3. The van der Waals surface area contributed by atoms with E-state index in [1.807, 2.05) is 41.0 Å². The van der Waals surface area contributed by atoms with E-state index in [1.165, 1.54) is 0 Å². The van der Waals surface area contributed by atoms with Gasteiger partial charge >= 0.3 is 0 Å². The minimum atomic E-state index is 0.295. The number of halogens is 2. The maximum absolute atomic E-state index is 6.09. The predicted molar refractivity (Wildman–Crippen MR) is 84.7 cm³/mol. The summed E-state index contributed by atoms with van der Waals surface area (Å²) in [6.45, 7) is 0.295. The van der Waals surface area contributed by atoms with Crippen molar-refractivity contribution in [2.24, 2.45) is 5.73 Å². The molecule has 1 aromatic heterocycles. The van der Waals surface area contributed by atoms with Crippen molar-refractivity contribution in [3.63, 3.8) is 0 Å². The van der Waals surface area contributed by atoms with Crippen molar-refractivity contribution in [3.8, 4) is 17.1 Å². The third kappa shape index (κ3) is 2.65. The van der Waals surface area contributed by atoms with Gasteiger partial charge in [-0.25, -0.2) is 0 Å². The van der Waals surface area contributed by atoms with E-state index in [0.29, 0.717) is 28.2 Å². The second-order valence-electron chi connectivity index (χ2n) is 4.44. The summed E-state index contributed by atoms with van der Waals surface area (Å²) >= 11 is 12.1. The maximum atomic E-state index is 6.09. The number of nitrogens with zero attached hydrogens (tertiary/aromatic N) is 3. The van der Waals surface area contributed by atoms with Gasteiger partial charge in [-0.3, -0.25) is 4.57 Å². The molecule has 6 heteroatoms. The van der Waals surface area contributed by atoms with Gasteiger partial charge in [0.15, 0.2) is 11.6 Å². The van der Waals surface area contributed by atoms with Crippen molar-refractivity contribution < 1.29 is 0 Å². The zero-order valence-electron chi connectivity index (χ0n) is 11.0. The first-order chi connectivity index (χ1) is 10.2. The van der Waals surface area contributed by atoms with Gasteiger partial charge < -0.3 is 5.73 Å². The molecule has 0 aliphatic carbocycles. The van der Waals surface area contributed by atoms with Gasteiger partial charge in [0.25, 0.3) is 0 Å². The van der Waals surface area contributed by atoms with Gasteiger partial charge in [0.2, 0.25) is 0 Å². The molecule has 2 aromatic carbocycles. The normalized spacial score (nSPS) is 10.8. The maximum Gasteiger partial charge on any atom is 0.168 e. The lowest BCUT2D eigenvalue weighted by Gasteiger charge is -2.10. The summed E-state index contributed by atoms with van der Waals surface area (Å²) in [6, 6.07) is 15.2. The first-order valence-electron chi connectivity index (χ1n) is 6.36. The predicted octanol–water partition coefficient (Wildman–Crippen LogP) is 3.70. The molecule has 1 heterocycles. The van der Waals surface area contributed by atoms with Crippen LogP contribution in [-0.2, 0) is 6.54 Å². The molecular formula is C15H12Cl2N4. The third-order valence-electron chi connectivity index (χ3n) is 3.10. The summed E-state index contributed by atoms with van der Waals surface area (Å²) in [7, 11) is 0. The lowest BCUT2D eigenvalue weighted by molar-refractivity contribution is 0.861. The zero-order valence-corrected chi connectivity index (χ0v) is 12.5. The molecule has 2 N–H and O–H groups in total. The first kappa shape index (κ1) is 14.1. The van der Waals surface area contributed by atoms with Crippen molar-refractivity contribution in [2.45, 2.75) is 6.54 Å². The Morgan fingerprint density at radius 3 is 2.38 bits per heavy atom. The molecule has 0 saturated carbocycles. The van der Waals surface area contributed by atoms with Crippen molar-refractivity contribution in [3.05, 3.63) is 64.4 Å². The molecule has 0 aliphatic rings. The molecule has 3 rings (SSSR count). The molecule has 0 aliphatic heterocycles. The highest BCUT2D eigenvalue weighted by Gasteiger charge is 2.15. The van der Waals surface area contributed by atoms with E-state index in [4.69, 9.17) is 28.9 Å². The first-order valence-corrected chi connectivity index (χ1v) is 7.11. The van der Waals surface area contributed by atoms with Crippen LogP contribution in [0.3, 0.4) is 0 Å². The number of rotatable bonds is 3. The van der Waals surface area contributed by atoms with E-state index in [-0.39, 0.29) is 0 Å². The minimum Gasteiger partial charge on any atom is -0.324 e. The van der Waals surface area contributed by atoms with Crippen LogP contribution in [0.4, 0.5) is 0 Å². The highest BCUT2D eigenvalue weighted by Crippen LogP contribution is 2.29. The summed E-state index contributed by atoms with van der Waals surface area (Å²) in [5, 5.41) is 9.37. The van der Waals surface area contributed by atoms with E-state index in [9.17, 15) is 0 Å². The summed E-state index contributed by atoms with van der Waals surface area (Å²) < 4.78 is 1.92. The van der Waals surface area contributed by atoms with Crippen LogP contribution in [0.5, 0.6) is 0 Å². The molecule has 4 nitrogen and oxygen atoms in total. The van der Waals surface area contributed by atoms with Crippen LogP contribution < -0.4 is 5.73 Å². The molecule has 0 spiro atoms. The van der Waals surface area contributed by atoms with Gasteiger partial charge in [0.05, 0.1) is 16.6 Å². The summed E-state index contributed by atoms with van der Waals surface area (Å²) in [5.41, 5.74) is 7.54. The topological polar surface area (TPSA) is 56.7 Å². The van der Waals surface area contributed by atoms with Crippen molar-refractivity contribution in [1.82, 2.24) is 14.8 Å². The van der Waals surface area contributed by atoms with Gasteiger partial charge in [-0.2, -0.15) is 0 Å². The van der Waals surface area contributed by atoms with Crippen LogP contribution in [0.15, 0.2) is 48.5 Å². The monoisotopic (exact) mass is 318 g/mol. The Morgan fingerprint density at radius 1 is 0.952 bits per heavy atom. The van der Waals surface area contributed by atoms with Crippen molar-refractivity contribution >= 4 is 23.2 Å². The van der Waals surface area contributed by atoms with Crippen molar-refractivity contribution in [1.29, 1.82) is 0 Å². The average Bonchev–Trinajstić information content (AvgIpc) is 2.95. The fraction of sp³-hybridized carbons (Fsp3) is 0.0667. The van der Waals surface area contributed by atoms with E-state index >= 15 is 0 Å². The minimum absolute atomic E-state index is 0.295. The Bertz CT molecular complexity index is 769. The quantitative estimate of drug-likeness (QED) is 0.801. The van der Waals surface area contributed by atoms with Gasteiger partial charge in [0.1, 0.15) is 0 Å². The molecule has 0 saturated heterocycles. The Kier molecular flexibility index (Phi) is 3.92. The van der Waals surface area contributed by atoms with Gasteiger partial charge in [-0.1, -0.05) is 41.4 Å². The fourth-order valence-electron chi connectivity index (χ4n) is 2.12. The van der Waals surface area contributed by atoms with Crippen LogP contribution in [0.1, 0.15) is 5.82 Å². The summed E-state index contributed by atoms with van der Waals surface area (Å²) in [4.78, 5) is 0. The molecule has 21 heavy (non-hydrogen) atoms. The van der Waals surface area contributed by atoms with Gasteiger partial charge in [-0.05, 0) is 30.3 Å². The third-order valence-corrected chi connectivity index (χ3v) is 3.84. The van der Waals surface area contributed by atoms with E-state index in [0.717, 1.165) is 11.3 Å². The molecule has 106 valence electrons. The van der Waals surface area contributed by atoms with Crippen molar-refractivity contribution in [2.75, 3.05) is 0 Å². The Balaban J connectivity index is 2.20. The number of aromatic nitrogens is 3. The number of hydrogen-bond donors (Lipinski definition) is 1. The molecule has 3 aromatic rings. The van der Waals surface area contributed by atoms with Gasteiger partial charge in [0, 0.05) is 11.3 Å². The zero-order chi connectivity index (χ0) is 14.8. The lowest BCUT2D eigenvalue weighted by atomic mass is 10.2. The largest absolute Gasteiger partial charge is 0.324 e. The molecule has 0 unspecified atom stereocenters. The van der Waals surface area contributed by atoms with E-state index in [2.05, 4.69) is 10.2 Å². The highest BCUT2D eigenvalue weighted by atomic mass is 35.5. The molecule has 0 atom stereocenters. The average molecular weight is 319 g/mol. The Morgan fingerprint density at radius 2 is 1.71 bits per heavy atom. The lowest BCUT2D eigenvalue weighted by Crippen LogP contribution is -2.07. The standard InChI is InChI=1S/C15H12Cl2N4/c16-12-7-6-10(8-13(12)17)15-20-19-14(9-18)21(15)11-4-2-1-3-5-11/h1-8H,9,18H2. The van der Waals surface area contributed by atoms with Crippen LogP contribution in [-0.4, -0.2) is 14.8 Å². The van der Waals surface area contributed by atoms with Gasteiger partial charge in [-0.15, -0.1) is 10.2 Å². The SMILES string of the molecule is NCc1nnc(-c2ccc(Cl)c(Cl)c2)n1-c1ccccc1. The highest BCUT2D eigenvalue weighted by molar-refractivity contribution is 6.42. The smallest absolute Gasteiger partial charge is 0.168 e. The summed E-state index contributed by atoms with van der Waals surface area (Å²) in [5.74, 6) is 1.36. The van der Waals surface area contributed by atoms with E-state index in [1.54, 1.807) is 12.1 Å². The molecule has 0 amide bonds. The number of para-hydroxylation sites is 1. The van der Waals surface area contributed by atoms with Crippen LogP contribution in [0.2, 0.25) is 10.0 Å². The second kappa shape index (κ2) is 5.85. The fourth-order valence-corrected chi connectivity index (χ4v) is 2.42. The Hall–Kier alpha value is -1.88. The number of benzene rings is 2. The van der Waals surface area contributed by atoms with Crippen LogP contribution in [0, 0.1) is 0 Å². The molecule has 0 fully saturated rings. The second-order valence-corrected chi connectivity index (χ2v) is 5.26.